The first kappa shape index (κ1) is 17.8. The Bertz CT molecular complexity index is 908. The number of amides is 2. The molecule has 0 aliphatic heterocycles. The Balaban J connectivity index is 1.57. The number of nitrogens with one attached hydrogen (secondary N) is 2. The van der Waals surface area contributed by atoms with Gasteiger partial charge in [-0.25, -0.2) is 4.79 Å². The number of halogens is 1. The lowest BCUT2D eigenvalue weighted by atomic mass is 10.2. The van der Waals surface area contributed by atoms with E-state index in [-0.39, 0.29) is 18.5 Å². The van der Waals surface area contributed by atoms with E-state index in [4.69, 9.17) is 18.3 Å². The molecular weight excluding hydrogens is 408 g/mol. The summed E-state index contributed by atoms with van der Waals surface area (Å²) >= 11 is 3.19. The Morgan fingerprint density at radius 2 is 1.92 bits per heavy atom. The zero-order valence-electron chi connectivity index (χ0n) is 13.9. The second kappa shape index (κ2) is 7.91. The van der Waals surface area contributed by atoms with Crippen LogP contribution in [-0.4, -0.2) is 30.4 Å². The topological polar surface area (TPSA) is 112 Å². The summed E-state index contributed by atoms with van der Waals surface area (Å²) in [5, 5.41) is 12.7. The quantitative estimate of drug-likeness (QED) is 0.625. The second-order valence-corrected chi connectivity index (χ2v) is 5.79. The lowest BCUT2D eigenvalue weighted by Gasteiger charge is -2.10. The molecule has 0 saturated carbocycles. The Labute approximate surface area is 156 Å². The van der Waals surface area contributed by atoms with Gasteiger partial charge in [-0.1, -0.05) is 11.2 Å². The van der Waals surface area contributed by atoms with Crippen LogP contribution in [0.15, 0.2) is 43.8 Å². The number of urea groups is 1. The van der Waals surface area contributed by atoms with Gasteiger partial charge in [-0.2, -0.15) is 0 Å². The fraction of sp³-hybridized carbons (Fsp3) is 0.188. The molecular formula is C16H15BrN4O5. The maximum atomic E-state index is 12.0. The third-order valence-electron chi connectivity index (χ3n) is 3.33. The van der Waals surface area contributed by atoms with Gasteiger partial charge in [0.15, 0.2) is 21.9 Å². The number of carbonyl (C=O) groups is 1. The Kier molecular flexibility index (Phi) is 5.42. The molecule has 0 unspecified atom stereocenters. The molecule has 0 spiro atoms. The maximum Gasteiger partial charge on any atom is 0.324 e. The fourth-order valence-corrected chi connectivity index (χ4v) is 2.42. The Morgan fingerprint density at radius 1 is 1.12 bits per heavy atom. The van der Waals surface area contributed by atoms with Crippen LogP contribution in [-0.2, 0) is 6.54 Å². The number of furan rings is 1. The van der Waals surface area contributed by atoms with E-state index in [0.29, 0.717) is 21.9 Å². The van der Waals surface area contributed by atoms with Gasteiger partial charge in [-0.3, -0.25) is 5.32 Å². The molecule has 2 amide bonds. The molecule has 136 valence electrons. The second-order valence-electron chi connectivity index (χ2n) is 5.01. The van der Waals surface area contributed by atoms with Crippen LogP contribution < -0.4 is 20.1 Å². The number of benzene rings is 1. The molecule has 0 radical (unpaired) electrons. The van der Waals surface area contributed by atoms with Gasteiger partial charge in [0.25, 0.3) is 5.89 Å². The summed E-state index contributed by atoms with van der Waals surface area (Å²) in [7, 11) is 3.11. The van der Waals surface area contributed by atoms with E-state index in [2.05, 4.69) is 36.8 Å². The molecule has 0 atom stereocenters. The highest BCUT2D eigenvalue weighted by molar-refractivity contribution is 9.10. The van der Waals surface area contributed by atoms with Crippen molar-refractivity contribution in [3.05, 3.63) is 40.6 Å². The average molecular weight is 423 g/mol. The summed E-state index contributed by atoms with van der Waals surface area (Å²) in [6, 6.07) is 8.19. The van der Waals surface area contributed by atoms with Crippen molar-refractivity contribution in [1.82, 2.24) is 15.5 Å². The standard InChI is InChI=1S/C16H15BrN4O5/c1-23-10-4-3-9(7-12(10)24-2)8-18-15(22)19-16-21-20-14(26-16)11-5-6-13(17)25-11/h3-7H,8H2,1-2H3,(H2,18,19,21,22). The molecule has 9 nitrogen and oxygen atoms in total. The number of methoxy groups -OCH3 is 2. The van der Waals surface area contributed by atoms with E-state index in [1.807, 2.05) is 6.07 Å². The number of rotatable bonds is 6. The molecule has 0 saturated heterocycles. The molecule has 0 aliphatic carbocycles. The summed E-state index contributed by atoms with van der Waals surface area (Å²) in [6.45, 7) is 0.276. The molecule has 2 heterocycles. The lowest BCUT2D eigenvalue weighted by Crippen LogP contribution is -2.28. The van der Waals surface area contributed by atoms with Crippen LogP contribution in [0.25, 0.3) is 11.7 Å². The number of hydrogen-bond donors (Lipinski definition) is 2. The molecule has 3 aromatic rings. The van der Waals surface area contributed by atoms with Crippen LogP contribution in [0.1, 0.15) is 5.56 Å². The largest absolute Gasteiger partial charge is 0.493 e. The summed E-state index contributed by atoms with van der Waals surface area (Å²) in [4.78, 5) is 12.0. The van der Waals surface area contributed by atoms with Crippen molar-refractivity contribution in [1.29, 1.82) is 0 Å². The van der Waals surface area contributed by atoms with E-state index in [0.717, 1.165) is 5.56 Å². The van der Waals surface area contributed by atoms with Crippen molar-refractivity contribution in [3.8, 4) is 23.1 Å². The highest BCUT2D eigenvalue weighted by Crippen LogP contribution is 2.27. The molecule has 0 bridgehead atoms. The summed E-state index contributed by atoms with van der Waals surface area (Å²) < 4.78 is 21.6. The smallest absolute Gasteiger partial charge is 0.324 e. The highest BCUT2D eigenvalue weighted by Gasteiger charge is 2.14. The van der Waals surface area contributed by atoms with E-state index in [1.165, 1.54) is 0 Å². The molecule has 0 aliphatic rings. The SMILES string of the molecule is COc1ccc(CNC(=O)Nc2nnc(-c3ccc(Br)o3)o2)cc1OC. The zero-order valence-corrected chi connectivity index (χ0v) is 15.5. The first-order valence-corrected chi connectivity index (χ1v) is 8.23. The van der Waals surface area contributed by atoms with Gasteiger partial charge in [0.05, 0.1) is 14.2 Å². The van der Waals surface area contributed by atoms with E-state index >= 15 is 0 Å². The molecule has 10 heteroatoms. The number of hydrogen-bond acceptors (Lipinski definition) is 7. The van der Waals surface area contributed by atoms with Crippen molar-refractivity contribution >= 4 is 28.0 Å². The Hall–Kier alpha value is -3.01. The van der Waals surface area contributed by atoms with Crippen molar-refractivity contribution in [2.75, 3.05) is 19.5 Å². The number of anilines is 1. The molecule has 1 aromatic carbocycles. The molecule has 26 heavy (non-hydrogen) atoms. The first-order valence-electron chi connectivity index (χ1n) is 7.44. The number of ether oxygens (including phenoxy) is 2. The van der Waals surface area contributed by atoms with Gasteiger partial charge >= 0.3 is 12.0 Å². The van der Waals surface area contributed by atoms with Crippen LogP contribution in [0.2, 0.25) is 0 Å². The van der Waals surface area contributed by atoms with Gasteiger partial charge in [-0.15, -0.1) is 5.10 Å². The van der Waals surface area contributed by atoms with Crippen molar-refractivity contribution in [2.24, 2.45) is 0 Å². The number of nitrogens with zero attached hydrogens (tertiary/aromatic N) is 2. The number of aromatic nitrogens is 2. The van der Waals surface area contributed by atoms with Crippen LogP contribution in [0.5, 0.6) is 11.5 Å². The van der Waals surface area contributed by atoms with E-state index < -0.39 is 6.03 Å². The number of carbonyl (C=O) groups excluding carboxylic acids is 1. The van der Waals surface area contributed by atoms with Crippen LogP contribution >= 0.6 is 15.9 Å². The lowest BCUT2D eigenvalue weighted by molar-refractivity contribution is 0.251. The third-order valence-corrected chi connectivity index (χ3v) is 3.76. The molecule has 3 rings (SSSR count). The molecule has 2 N–H and O–H groups in total. The first-order chi connectivity index (χ1) is 12.6. The predicted molar refractivity (Wildman–Crippen MR) is 95.1 cm³/mol. The van der Waals surface area contributed by atoms with Crippen molar-refractivity contribution < 1.29 is 23.1 Å². The Morgan fingerprint density at radius 3 is 2.62 bits per heavy atom. The maximum absolute atomic E-state index is 12.0. The van der Waals surface area contributed by atoms with Gasteiger partial charge in [0.1, 0.15) is 0 Å². The molecule has 0 fully saturated rings. The zero-order chi connectivity index (χ0) is 18.5. The van der Waals surface area contributed by atoms with Gasteiger partial charge in [-0.05, 0) is 45.8 Å². The van der Waals surface area contributed by atoms with E-state index in [1.54, 1.807) is 38.5 Å². The van der Waals surface area contributed by atoms with Crippen LogP contribution in [0.3, 0.4) is 0 Å². The fourth-order valence-electron chi connectivity index (χ4n) is 2.12. The minimum atomic E-state index is -0.490. The van der Waals surface area contributed by atoms with Crippen LogP contribution in [0, 0.1) is 0 Å². The normalized spacial score (nSPS) is 10.4. The van der Waals surface area contributed by atoms with Crippen molar-refractivity contribution in [2.45, 2.75) is 6.54 Å². The van der Waals surface area contributed by atoms with Gasteiger partial charge in [0.2, 0.25) is 0 Å². The summed E-state index contributed by atoms with van der Waals surface area (Å²) in [5.74, 6) is 1.75. The highest BCUT2D eigenvalue weighted by atomic mass is 79.9. The van der Waals surface area contributed by atoms with Gasteiger partial charge in [0, 0.05) is 6.54 Å². The minimum Gasteiger partial charge on any atom is -0.493 e. The monoisotopic (exact) mass is 422 g/mol. The molecule has 2 aromatic heterocycles. The summed E-state index contributed by atoms with van der Waals surface area (Å²) in [6.07, 6.45) is 0. The van der Waals surface area contributed by atoms with Gasteiger partial charge < -0.3 is 23.6 Å². The average Bonchev–Trinajstić information content (AvgIpc) is 3.28. The van der Waals surface area contributed by atoms with Crippen molar-refractivity contribution in [3.63, 3.8) is 0 Å². The van der Waals surface area contributed by atoms with Crippen LogP contribution in [0.4, 0.5) is 10.8 Å². The predicted octanol–water partition coefficient (Wildman–Crippen LogP) is 3.43. The van der Waals surface area contributed by atoms with E-state index in [9.17, 15) is 4.79 Å². The summed E-state index contributed by atoms with van der Waals surface area (Å²) in [5.41, 5.74) is 0.837. The third kappa shape index (κ3) is 4.14. The minimum absolute atomic E-state index is 0.0441.